The predicted octanol–water partition coefficient (Wildman–Crippen LogP) is 4.02. The zero-order chi connectivity index (χ0) is 20.8. The number of hydrogen-bond donors (Lipinski definition) is 1. The maximum Gasteiger partial charge on any atom is 0.269 e. The Kier molecular flexibility index (Phi) is 6.35. The second kappa shape index (κ2) is 9.11. The van der Waals surface area contributed by atoms with Crippen molar-refractivity contribution in [3.05, 3.63) is 74.3 Å². The number of aromatic amines is 1. The zero-order valence-corrected chi connectivity index (χ0v) is 16.7. The van der Waals surface area contributed by atoms with Gasteiger partial charge in [0.05, 0.1) is 17.7 Å². The van der Waals surface area contributed by atoms with Crippen molar-refractivity contribution in [1.29, 1.82) is 0 Å². The van der Waals surface area contributed by atoms with Crippen LogP contribution in [0.1, 0.15) is 23.9 Å². The number of benzene rings is 2. The van der Waals surface area contributed by atoms with Crippen molar-refractivity contribution in [3.63, 3.8) is 0 Å². The molecule has 3 aromatic rings. The third-order valence-corrected chi connectivity index (χ3v) is 4.21. The first-order valence-electron chi connectivity index (χ1n) is 8.79. The molecule has 0 saturated heterocycles. The summed E-state index contributed by atoms with van der Waals surface area (Å²) in [5.41, 5.74) is 1.66. The number of nitro groups is 1. The number of non-ortho nitro benzene ring substituents is 1. The number of hydrogen-bond acceptors (Lipinski definition) is 7. The molecule has 0 bridgehead atoms. The third-order valence-electron chi connectivity index (χ3n) is 3.94. The van der Waals surface area contributed by atoms with E-state index in [0.717, 1.165) is 11.1 Å². The van der Waals surface area contributed by atoms with Crippen LogP contribution >= 0.6 is 12.2 Å². The smallest absolute Gasteiger partial charge is 0.269 e. The Labute approximate surface area is 171 Å². The molecule has 2 aromatic carbocycles. The molecule has 3 rings (SSSR count). The molecule has 0 fully saturated rings. The molecule has 0 unspecified atom stereocenters. The third kappa shape index (κ3) is 5.05. The Balaban J connectivity index is 1.75. The fourth-order valence-electron chi connectivity index (χ4n) is 2.50. The highest BCUT2D eigenvalue weighted by atomic mass is 32.1. The van der Waals surface area contributed by atoms with Crippen molar-refractivity contribution >= 4 is 24.1 Å². The minimum atomic E-state index is -0.434. The van der Waals surface area contributed by atoms with Crippen LogP contribution in [0.25, 0.3) is 0 Å². The molecule has 0 radical (unpaired) electrons. The van der Waals surface area contributed by atoms with E-state index in [2.05, 4.69) is 15.3 Å². The fourth-order valence-corrected chi connectivity index (χ4v) is 2.72. The van der Waals surface area contributed by atoms with Crippen molar-refractivity contribution in [2.45, 2.75) is 20.5 Å². The van der Waals surface area contributed by atoms with E-state index in [4.69, 9.17) is 21.7 Å². The molecule has 0 aliphatic carbocycles. The van der Waals surface area contributed by atoms with Crippen LogP contribution in [-0.4, -0.2) is 32.6 Å². The first-order valence-corrected chi connectivity index (χ1v) is 9.20. The lowest BCUT2D eigenvalue weighted by atomic mass is 10.2. The van der Waals surface area contributed by atoms with Gasteiger partial charge in [-0.2, -0.15) is 14.9 Å². The van der Waals surface area contributed by atoms with E-state index >= 15 is 0 Å². The van der Waals surface area contributed by atoms with Crippen molar-refractivity contribution in [3.8, 4) is 11.5 Å². The Bertz CT molecular complexity index is 1090. The van der Waals surface area contributed by atoms with Crippen LogP contribution in [0, 0.1) is 21.8 Å². The molecule has 0 atom stereocenters. The van der Waals surface area contributed by atoms with Crippen LogP contribution in [0.4, 0.5) is 5.69 Å². The van der Waals surface area contributed by atoms with Gasteiger partial charge in [0.2, 0.25) is 4.77 Å². The second-order valence-electron chi connectivity index (χ2n) is 5.98. The molecule has 10 heteroatoms. The summed E-state index contributed by atoms with van der Waals surface area (Å²) in [6, 6.07) is 11.7. The molecule has 1 aromatic heterocycles. The van der Waals surface area contributed by atoms with Crippen LogP contribution in [-0.2, 0) is 6.61 Å². The van der Waals surface area contributed by atoms with Gasteiger partial charge in [0, 0.05) is 12.1 Å². The molecular formula is C19H19N5O4S. The Morgan fingerprint density at radius 2 is 2.00 bits per heavy atom. The SMILES string of the molecule is CCOc1cc(/C=N\n2c(C)n[nH]c2=S)ccc1OCc1ccc([N+](=O)[O-])cc1. The summed E-state index contributed by atoms with van der Waals surface area (Å²) >= 11 is 5.13. The molecule has 0 saturated carbocycles. The van der Waals surface area contributed by atoms with Crippen molar-refractivity contribution in [2.24, 2.45) is 5.10 Å². The number of nitrogens with one attached hydrogen (secondary N) is 1. The molecule has 0 spiro atoms. The average Bonchev–Trinajstić information content (AvgIpc) is 3.03. The maximum atomic E-state index is 10.7. The van der Waals surface area contributed by atoms with Gasteiger partial charge in [0.1, 0.15) is 12.4 Å². The van der Waals surface area contributed by atoms with Gasteiger partial charge in [-0.05, 0) is 67.5 Å². The molecule has 29 heavy (non-hydrogen) atoms. The fraction of sp³-hybridized carbons (Fsp3) is 0.211. The normalized spacial score (nSPS) is 11.0. The molecule has 1 heterocycles. The number of aromatic nitrogens is 3. The number of nitrogens with zero attached hydrogens (tertiary/aromatic N) is 4. The highest BCUT2D eigenvalue weighted by Crippen LogP contribution is 2.29. The zero-order valence-electron chi connectivity index (χ0n) is 15.9. The first-order chi connectivity index (χ1) is 14.0. The molecule has 0 aliphatic heterocycles. The van der Waals surface area contributed by atoms with E-state index in [0.29, 0.717) is 28.7 Å². The number of aryl methyl sites for hydroxylation is 1. The summed E-state index contributed by atoms with van der Waals surface area (Å²) < 4.78 is 13.5. The summed E-state index contributed by atoms with van der Waals surface area (Å²) in [6.07, 6.45) is 1.65. The molecule has 0 amide bonds. The van der Waals surface area contributed by atoms with Gasteiger partial charge in [-0.1, -0.05) is 0 Å². The van der Waals surface area contributed by atoms with Gasteiger partial charge in [-0.25, -0.2) is 0 Å². The van der Waals surface area contributed by atoms with Crippen LogP contribution in [0.5, 0.6) is 11.5 Å². The van der Waals surface area contributed by atoms with E-state index in [-0.39, 0.29) is 12.3 Å². The van der Waals surface area contributed by atoms with Gasteiger partial charge in [-0.15, -0.1) is 0 Å². The van der Waals surface area contributed by atoms with Crippen LogP contribution < -0.4 is 9.47 Å². The van der Waals surface area contributed by atoms with Crippen molar-refractivity contribution in [1.82, 2.24) is 14.9 Å². The molecule has 150 valence electrons. The topological polar surface area (TPSA) is 108 Å². The minimum absolute atomic E-state index is 0.0420. The van der Waals surface area contributed by atoms with Crippen LogP contribution in [0.2, 0.25) is 0 Å². The van der Waals surface area contributed by atoms with E-state index in [1.54, 1.807) is 31.3 Å². The van der Waals surface area contributed by atoms with Crippen molar-refractivity contribution in [2.75, 3.05) is 6.61 Å². The van der Waals surface area contributed by atoms with E-state index in [1.807, 2.05) is 19.1 Å². The monoisotopic (exact) mass is 413 g/mol. The van der Waals surface area contributed by atoms with E-state index in [1.165, 1.54) is 16.8 Å². The standard InChI is InChI=1S/C19H19N5O4S/c1-3-27-18-10-15(11-20-23-13(2)21-22-19(23)29)6-9-17(18)28-12-14-4-7-16(8-5-14)24(25)26/h4-11H,3,12H2,1-2H3,(H,22,29)/b20-11-. The van der Waals surface area contributed by atoms with Gasteiger partial charge >= 0.3 is 0 Å². The number of nitro benzene ring substituents is 1. The van der Waals surface area contributed by atoms with Crippen LogP contribution in [0.15, 0.2) is 47.6 Å². The van der Waals surface area contributed by atoms with Gasteiger partial charge in [0.25, 0.3) is 5.69 Å². The summed E-state index contributed by atoms with van der Waals surface area (Å²) in [4.78, 5) is 10.3. The number of rotatable bonds is 8. The molecule has 1 N–H and O–H groups in total. The van der Waals surface area contributed by atoms with Gasteiger partial charge in [-0.3, -0.25) is 15.2 Å². The van der Waals surface area contributed by atoms with Gasteiger partial charge in [0.15, 0.2) is 11.5 Å². The summed E-state index contributed by atoms with van der Waals surface area (Å²) in [6.45, 7) is 4.41. The first kappa shape index (κ1) is 20.2. The highest BCUT2D eigenvalue weighted by molar-refractivity contribution is 7.71. The maximum absolute atomic E-state index is 10.7. The number of ether oxygens (including phenoxy) is 2. The van der Waals surface area contributed by atoms with Crippen LogP contribution in [0.3, 0.4) is 0 Å². The lowest BCUT2D eigenvalue weighted by molar-refractivity contribution is -0.384. The number of H-pyrrole nitrogens is 1. The van der Waals surface area contributed by atoms with Gasteiger partial charge < -0.3 is 9.47 Å². The highest BCUT2D eigenvalue weighted by Gasteiger charge is 2.08. The minimum Gasteiger partial charge on any atom is -0.490 e. The quantitative estimate of drug-likeness (QED) is 0.259. The molecular weight excluding hydrogens is 394 g/mol. The summed E-state index contributed by atoms with van der Waals surface area (Å²) in [5.74, 6) is 1.80. The Morgan fingerprint density at radius 3 is 2.62 bits per heavy atom. The van der Waals surface area contributed by atoms with Crippen molar-refractivity contribution < 1.29 is 14.4 Å². The summed E-state index contributed by atoms with van der Waals surface area (Å²) in [7, 11) is 0. The molecule has 0 aliphatic rings. The van der Waals surface area contributed by atoms with E-state index < -0.39 is 4.92 Å². The second-order valence-corrected chi connectivity index (χ2v) is 6.37. The lowest BCUT2D eigenvalue weighted by Crippen LogP contribution is -2.01. The Hall–Kier alpha value is -3.53. The predicted molar refractivity (Wildman–Crippen MR) is 110 cm³/mol. The average molecular weight is 413 g/mol. The summed E-state index contributed by atoms with van der Waals surface area (Å²) in [5, 5.41) is 21.7. The molecule has 9 nitrogen and oxygen atoms in total. The largest absolute Gasteiger partial charge is 0.490 e. The Morgan fingerprint density at radius 1 is 1.24 bits per heavy atom. The lowest BCUT2D eigenvalue weighted by Gasteiger charge is -2.12. The van der Waals surface area contributed by atoms with E-state index in [9.17, 15) is 10.1 Å².